The molecule has 0 bridgehead atoms. The Hall–Kier alpha value is -0.750. The molecule has 1 aliphatic heterocycles. The maximum Gasteiger partial charge on any atom is 0.380 e. The van der Waals surface area contributed by atoms with Gasteiger partial charge in [-0.25, -0.2) is 4.79 Å². The number of β-amino-alcohol motifs (C(OH)–C–C–N with tert-alkyl or cyclic N) is 1. The van der Waals surface area contributed by atoms with Crippen molar-refractivity contribution in [2.45, 2.75) is 44.3 Å². The van der Waals surface area contributed by atoms with Crippen LogP contribution in [0, 0.1) is 0 Å². The number of aliphatic hydroxyl groups is 1. The molecule has 6 heteroatoms. The quantitative estimate of drug-likeness (QED) is 0.706. The molecular weight excluding hydrogens is 220 g/mol. The van der Waals surface area contributed by atoms with Crippen LogP contribution in [0.4, 0.5) is 8.78 Å². The van der Waals surface area contributed by atoms with E-state index in [9.17, 15) is 18.7 Å². The lowest BCUT2D eigenvalue weighted by molar-refractivity contribution is -0.209. The number of ether oxygens (including phenoxy) is 1. The molecule has 1 aliphatic rings. The second kappa shape index (κ2) is 4.63. The number of halogens is 2. The summed E-state index contributed by atoms with van der Waals surface area (Å²) < 4.78 is 31.6. The summed E-state index contributed by atoms with van der Waals surface area (Å²) in [6, 6.07) is -0.190. The van der Waals surface area contributed by atoms with Gasteiger partial charge in [-0.1, -0.05) is 6.92 Å². The monoisotopic (exact) mass is 237 g/mol. The third-order valence-electron chi connectivity index (χ3n) is 2.88. The standard InChI is InChI=1S/C10H17F2NO3/c1-3-7-5-9(15,6-13-7)10(11,12)8(14)16-4-2/h7,13,15H,3-6H2,1-2H3. The van der Waals surface area contributed by atoms with Crippen LogP contribution in [-0.2, 0) is 9.53 Å². The van der Waals surface area contributed by atoms with Gasteiger partial charge in [0.25, 0.3) is 0 Å². The van der Waals surface area contributed by atoms with Crippen LogP contribution in [0.3, 0.4) is 0 Å². The van der Waals surface area contributed by atoms with Gasteiger partial charge >= 0.3 is 11.9 Å². The highest BCUT2D eigenvalue weighted by Gasteiger charge is 2.62. The molecule has 0 aromatic rings. The first-order chi connectivity index (χ1) is 7.37. The number of alkyl halides is 2. The molecule has 1 rings (SSSR count). The predicted molar refractivity (Wildman–Crippen MR) is 53.2 cm³/mol. The van der Waals surface area contributed by atoms with Gasteiger partial charge in [0.2, 0.25) is 0 Å². The van der Waals surface area contributed by atoms with Gasteiger partial charge in [0.1, 0.15) is 0 Å². The average Bonchev–Trinajstić information content (AvgIpc) is 2.62. The smallest absolute Gasteiger partial charge is 0.380 e. The van der Waals surface area contributed by atoms with Gasteiger partial charge in [0.15, 0.2) is 5.60 Å². The summed E-state index contributed by atoms with van der Waals surface area (Å²) in [6.07, 6.45) is 0.483. The maximum absolute atomic E-state index is 13.6. The normalized spacial score (nSPS) is 30.4. The summed E-state index contributed by atoms with van der Waals surface area (Å²) >= 11 is 0. The second-order valence-corrected chi connectivity index (χ2v) is 4.02. The molecule has 0 aliphatic carbocycles. The first-order valence-electron chi connectivity index (χ1n) is 5.38. The molecule has 1 saturated heterocycles. The minimum absolute atomic E-state index is 0.130. The van der Waals surface area contributed by atoms with E-state index in [2.05, 4.69) is 10.1 Å². The van der Waals surface area contributed by atoms with Gasteiger partial charge in [-0.3, -0.25) is 0 Å². The Kier molecular flexibility index (Phi) is 3.85. The van der Waals surface area contributed by atoms with Crippen molar-refractivity contribution in [3.63, 3.8) is 0 Å². The van der Waals surface area contributed by atoms with Crippen LogP contribution in [0.25, 0.3) is 0 Å². The zero-order valence-corrected chi connectivity index (χ0v) is 9.43. The molecule has 0 saturated carbocycles. The van der Waals surface area contributed by atoms with Crippen molar-refractivity contribution in [1.82, 2.24) is 5.32 Å². The van der Waals surface area contributed by atoms with Crippen molar-refractivity contribution in [3.8, 4) is 0 Å². The van der Waals surface area contributed by atoms with E-state index in [1.165, 1.54) is 6.92 Å². The van der Waals surface area contributed by atoms with E-state index in [1.54, 1.807) is 0 Å². The Morgan fingerprint density at radius 1 is 1.62 bits per heavy atom. The fraction of sp³-hybridized carbons (Fsp3) is 0.900. The van der Waals surface area contributed by atoms with E-state index >= 15 is 0 Å². The Labute approximate surface area is 93.0 Å². The summed E-state index contributed by atoms with van der Waals surface area (Å²) in [4.78, 5) is 11.1. The van der Waals surface area contributed by atoms with Gasteiger partial charge in [-0.2, -0.15) is 8.78 Å². The molecule has 0 radical (unpaired) electrons. The third kappa shape index (κ3) is 2.17. The maximum atomic E-state index is 13.6. The van der Waals surface area contributed by atoms with Crippen LogP contribution >= 0.6 is 0 Å². The molecule has 1 fully saturated rings. The highest BCUT2D eigenvalue weighted by Crippen LogP contribution is 2.37. The Balaban J connectivity index is 2.78. The van der Waals surface area contributed by atoms with E-state index in [0.29, 0.717) is 6.42 Å². The second-order valence-electron chi connectivity index (χ2n) is 4.02. The molecule has 0 amide bonds. The third-order valence-corrected chi connectivity index (χ3v) is 2.88. The van der Waals surface area contributed by atoms with Crippen LogP contribution in [-0.4, -0.2) is 41.8 Å². The predicted octanol–water partition coefficient (Wildman–Crippen LogP) is 0.688. The summed E-state index contributed by atoms with van der Waals surface area (Å²) in [6.45, 7) is 2.85. The largest absolute Gasteiger partial charge is 0.461 e. The van der Waals surface area contributed by atoms with Crippen LogP contribution in [0.5, 0.6) is 0 Å². The van der Waals surface area contributed by atoms with Crippen LogP contribution in [0.15, 0.2) is 0 Å². The first kappa shape index (κ1) is 13.3. The Bertz CT molecular complexity index is 273. The van der Waals surface area contributed by atoms with Crippen molar-refractivity contribution < 1.29 is 23.4 Å². The first-order valence-corrected chi connectivity index (χ1v) is 5.38. The van der Waals surface area contributed by atoms with E-state index in [1.807, 2.05) is 6.92 Å². The molecule has 2 N–H and O–H groups in total. The number of rotatable bonds is 4. The highest BCUT2D eigenvalue weighted by molar-refractivity contribution is 5.79. The minimum atomic E-state index is -3.86. The SMILES string of the molecule is CCOC(=O)C(F)(F)C1(O)CNC(CC)C1. The van der Waals surface area contributed by atoms with Gasteiger partial charge in [0.05, 0.1) is 6.61 Å². The van der Waals surface area contributed by atoms with E-state index in [0.717, 1.165) is 0 Å². The fourth-order valence-corrected chi connectivity index (χ4v) is 1.80. The molecule has 16 heavy (non-hydrogen) atoms. The lowest BCUT2D eigenvalue weighted by atomic mass is 9.92. The molecule has 0 aromatic carbocycles. The van der Waals surface area contributed by atoms with E-state index in [-0.39, 0.29) is 25.6 Å². The Morgan fingerprint density at radius 3 is 2.69 bits per heavy atom. The van der Waals surface area contributed by atoms with E-state index in [4.69, 9.17) is 0 Å². The summed E-state index contributed by atoms with van der Waals surface area (Å²) in [5, 5.41) is 12.6. The summed E-state index contributed by atoms with van der Waals surface area (Å²) in [5.41, 5.74) is -2.33. The fourth-order valence-electron chi connectivity index (χ4n) is 1.80. The van der Waals surface area contributed by atoms with Crippen molar-refractivity contribution in [2.24, 2.45) is 0 Å². The molecule has 2 unspecified atom stereocenters. The topological polar surface area (TPSA) is 58.6 Å². The van der Waals surface area contributed by atoms with Gasteiger partial charge in [-0.05, 0) is 19.8 Å². The van der Waals surface area contributed by atoms with Crippen molar-refractivity contribution in [3.05, 3.63) is 0 Å². The molecule has 94 valence electrons. The van der Waals surface area contributed by atoms with Crippen molar-refractivity contribution in [1.29, 1.82) is 0 Å². The van der Waals surface area contributed by atoms with Crippen LogP contribution in [0.2, 0.25) is 0 Å². The summed E-state index contributed by atoms with van der Waals surface area (Å²) in [7, 11) is 0. The van der Waals surface area contributed by atoms with Gasteiger partial charge < -0.3 is 15.2 Å². The van der Waals surface area contributed by atoms with Gasteiger partial charge in [0, 0.05) is 12.6 Å². The number of carbonyl (C=O) groups is 1. The van der Waals surface area contributed by atoms with Gasteiger partial charge in [-0.15, -0.1) is 0 Å². The number of carbonyl (C=O) groups excluding carboxylic acids is 1. The number of nitrogens with one attached hydrogen (secondary N) is 1. The lowest BCUT2D eigenvalue weighted by Gasteiger charge is -2.29. The molecule has 0 aromatic heterocycles. The number of hydrogen-bond acceptors (Lipinski definition) is 4. The Morgan fingerprint density at radius 2 is 2.25 bits per heavy atom. The average molecular weight is 237 g/mol. The van der Waals surface area contributed by atoms with Crippen LogP contribution in [0.1, 0.15) is 26.7 Å². The molecule has 2 atom stereocenters. The summed E-state index contributed by atoms with van der Waals surface area (Å²) in [5.74, 6) is -5.52. The molecule has 4 nitrogen and oxygen atoms in total. The molecular formula is C10H17F2NO3. The van der Waals surface area contributed by atoms with Crippen molar-refractivity contribution in [2.75, 3.05) is 13.2 Å². The molecule has 0 spiro atoms. The highest BCUT2D eigenvalue weighted by atomic mass is 19.3. The van der Waals surface area contributed by atoms with Crippen molar-refractivity contribution >= 4 is 5.97 Å². The lowest BCUT2D eigenvalue weighted by Crippen LogP contribution is -2.55. The zero-order chi connectivity index (χ0) is 12.4. The minimum Gasteiger partial charge on any atom is -0.461 e. The van der Waals surface area contributed by atoms with E-state index < -0.39 is 17.5 Å². The van der Waals surface area contributed by atoms with Crippen LogP contribution < -0.4 is 5.32 Å². The molecule has 1 heterocycles. The number of hydrogen-bond donors (Lipinski definition) is 2. The zero-order valence-electron chi connectivity index (χ0n) is 9.43. The number of esters is 1.